The van der Waals surface area contributed by atoms with Crippen LogP contribution in [-0.2, 0) is 6.54 Å². The van der Waals surface area contributed by atoms with Crippen molar-refractivity contribution >= 4 is 11.6 Å². The molecule has 0 aliphatic heterocycles. The summed E-state index contributed by atoms with van der Waals surface area (Å²) in [5.74, 6) is 0. The molecule has 10 heavy (non-hydrogen) atoms. The van der Waals surface area contributed by atoms with Crippen LogP contribution in [-0.4, -0.2) is 0 Å². The van der Waals surface area contributed by atoms with Gasteiger partial charge < -0.3 is 5.73 Å². The molecule has 1 nitrogen and oxygen atoms in total. The van der Waals surface area contributed by atoms with Crippen LogP contribution < -0.4 is 5.73 Å². The van der Waals surface area contributed by atoms with Gasteiger partial charge in [0.1, 0.15) is 0 Å². The Balaban J connectivity index is 3.04. The summed E-state index contributed by atoms with van der Waals surface area (Å²) in [4.78, 5) is 0. The van der Waals surface area contributed by atoms with E-state index in [-0.39, 0.29) is 0 Å². The fraction of sp³-hybridized carbons (Fsp3) is 0.250. The van der Waals surface area contributed by atoms with Crippen LogP contribution in [0.4, 0.5) is 0 Å². The van der Waals surface area contributed by atoms with Gasteiger partial charge in [-0.25, -0.2) is 0 Å². The van der Waals surface area contributed by atoms with E-state index in [2.05, 4.69) is 5.73 Å². The minimum absolute atomic E-state index is 0.806. The Bertz CT molecular complexity index is 233. The number of hydrogen-bond donors (Lipinski definition) is 1. The molecule has 54 valence electrons. The third-order valence-corrected chi connectivity index (χ3v) is 1.93. The molecular weight excluding hydrogens is 146 g/mol. The van der Waals surface area contributed by atoms with Crippen LogP contribution in [0.25, 0.3) is 0 Å². The molecule has 0 radical (unpaired) electrons. The molecule has 0 saturated heterocycles. The van der Waals surface area contributed by atoms with E-state index in [0.29, 0.717) is 0 Å². The lowest BCUT2D eigenvalue weighted by molar-refractivity contribution is -0.386. The second-order valence-electron chi connectivity index (χ2n) is 2.33. The fourth-order valence-electron chi connectivity index (χ4n) is 0.792. The number of benzene rings is 1. The van der Waals surface area contributed by atoms with Crippen LogP contribution in [0.2, 0.25) is 5.02 Å². The minimum atomic E-state index is 0.806. The molecule has 0 aliphatic carbocycles. The van der Waals surface area contributed by atoms with Crippen molar-refractivity contribution in [3.05, 3.63) is 34.3 Å². The molecule has 0 unspecified atom stereocenters. The summed E-state index contributed by atoms with van der Waals surface area (Å²) < 4.78 is 0. The molecule has 1 rings (SSSR count). The van der Waals surface area contributed by atoms with E-state index in [1.165, 1.54) is 5.56 Å². The summed E-state index contributed by atoms with van der Waals surface area (Å²) in [6.45, 7) is 2.80. The van der Waals surface area contributed by atoms with E-state index in [0.717, 1.165) is 17.1 Å². The molecule has 0 saturated carbocycles. The molecule has 1 aromatic carbocycles. The van der Waals surface area contributed by atoms with Gasteiger partial charge in [0.25, 0.3) is 0 Å². The molecule has 0 atom stereocenters. The zero-order valence-corrected chi connectivity index (χ0v) is 6.78. The molecule has 0 aliphatic rings. The molecule has 0 bridgehead atoms. The number of hydrogen-bond acceptors (Lipinski definition) is 0. The molecule has 0 aromatic heterocycles. The summed E-state index contributed by atoms with van der Waals surface area (Å²) >= 11 is 5.86. The number of rotatable bonds is 1. The first-order valence-electron chi connectivity index (χ1n) is 3.28. The average molecular weight is 157 g/mol. The SMILES string of the molecule is Cc1ccc(C[NH3+])cc1Cl. The van der Waals surface area contributed by atoms with E-state index >= 15 is 0 Å². The second-order valence-corrected chi connectivity index (χ2v) is 2.74. The molecule has 0 heterocycles. The van der Waals surface area contributed by atoms with Gasteiger partial charge in [-0.3, -0.25) is 0 Å². The summed E-state index contributed by atoms with van der Waals surface area (Å²) in [6.07, 6.45) is 0. The Hall–Kier alpha value is -0.530. The maximum absolute atomic E-state index is 5.86. The summed E-state index contributed by atoms with van der Waals surface area (Å²) in [5, 5.41) is 0.834. The Morgan fingerprint density at radius 3 is 2.70 bits per heavy atom. The van der Waals surface area contributed by atoms with E-state index in [4.69, 9.17) is 11.6 Å². The lowest BCUT2D eigenvalue weighted by Crippen LogP contribution is -2.47. The van der Waals surface area contributed by atoms with E-state index in [1.54, 1.807) is 0 Å². The molecule has 0 amide bonds. The number of halogens is 1. The maximum atomic E-state index is 5.86. The average Bonchev–Trinajstić information content (AvgIpc) is 1.95. The normalized spacial score (nSPS) is 9.90. The first kappa shape index (κ1) is 7.58. The van der Waals surface area contributed by atoms with E-state index in [9.17, 15) is 0 Å². The van der Waals surface area contributed by atoms with Crippen molar-refractivity contribution in [3.8, 4) is 0 Å². The predicted molar refractivity (Wildman–Crippen MR) is 42.8 cm³/mol. The van der Waals surface area contributed by atoms with Gasteiger partial charge in [0.05, 0.1) is 6.54 Å². The Morgan fingerprint density at radius 2 is 2.20 bits per heavy atom. The second kappa shape index (κ2) is 3.04. The maximum Gasteiger partial charge on any atom is 0.0997 e. The lowest BCUT2D eigenvalue weighted by Gasteiger charge is -1.97. The van der Waals surface area contributed by atoms with Gasteiger partial charge in [-0.1, -0.05) is 23.7 Å². The molecular formula is C8H11ClN+. The van der Waals surface area contributed by atoms with Crippen molar-refractivity contribution < 1.29 is 5.73 Å². The van der Waals surface area contributed by atoms with Gasteiger partial charge in [-0.05, 0) is 18.6 Å². The van der Waals surface area contributed by atoms with Crippen LogP contribution >= 0.6 is 11.6 Å². The van der Waals surface area contributed by atoms with E-state index in [1.807, 2.05) is 25.1 Å². The molecule has 0 fully saturated rings. The van der Waals surface area contributed by atoms with Crippen LogP contribution in [0, 0.1) is 6.92 Å². The number of quaternary nitrogens is 1. The summed E-state index contributed by atoms with van der Waals surface area (Å²) in [5.41, 5.74) is 6.08. The smallest absolute Gasteiger partial charge is 0.0997 e. The standard InChI is InChI=1S/C8H10ClN/c1-6-2-3-7(5-10)4-8(6)9/h2-4H,5,10H2,1H3/p+1. The van der Waals surface area contributed by atoms with Crippen molar-refractivity contribution in [2.24, 2.45) is 0 Å². The van der Waals surface area contributed by atoms with Crippen molar-refractivity contribution in [1.29, 1.82) is 0 Å². The van der Waals surface area contributed by atoms with Gasteiger partial charge in [0.15, 0.2) is 0 Å². The topological polar surface area (TPSA) is 27.6 Å². The van der Waals surface area contributed by atoms with Gasteiger partial charge in [0, 0.05) is 10.6 Å². The van der Waals surface area contributed by atoms with Crippen LogP contribution in [0.5, 0.6) is 0 Å². The highest BCUT2D eigenvalue weighted by Crippen LogP contribution is 2.15. The highest BCUT2D eigenvalue weighted by molar-refractivity contribution is 6.31. The Labute approximate surface area is 65.8 Å². The Morgan fingerprint density at radius 1 is 1.50 bits per heavy atom. The van der Waals surface area contributed by atoms with E-state index < -0.39 is 0 Å². The van der Waals surface area contributed by atoms with Crippen LogP contribution in [0.1, 0.15) is 11.1 Å². The number of aryl methyl sites for hydroxylation is 1. The minimum Gasteiger partial charge on any atom is -0.354 e. The quantitative estimate of drug-likeness (QED) is 0.637. The van der Waals surface area contributed by atoms with Crippen LogP contribution in [0.3, 0.4) is 0 Å². The van der Waals surface area contributed by atoms with Gasteiger partial charge in [-0.2, -0.15) is 0 Å². The molecule has 3 N–H and O–H groups in total. The van der Waals surface area contributed by atoms with Gasteiger partial charge in [0.2, 0.25) is 0 Å². The van der Waals surface area contributed by atoms with Gasteiger partial charge in [-0.15, -0.1) is 0 Å². The monoisotopic (exact) mass is 156 g/mol. The highest BCUT2D eigenvalue weighted by atomic mass is 35.5. The zero-order chi connectivity index (χ0) is 7.56. The first-order chi connectivity index (χ1) is 4.74. The van der Waals surface area contributed by atoms with Crippen molar-refractivity contribution in [3.63, 3.8) is 0 Å². The summed E-state index contributed by atoms with van der Waals surface area (Å²) in [6, 6.07) is 6.03. The molecule has 2 heteroatoms. The molecule has 1 aromatic rings. The predicted octanol–water partition coefficient (Wildman–Crippen LogP) is 1.39. The summed E-state index contributed by atoms with van der Waals surface area (Å²) in [7, 11) is 0. The van der Waals surface area contributed by atoms with Crippen LogP contribution in [0.15, 0.2) is 18.2 Å². The highest BCUT2D eigenvalue weighted by Gasteiger charge is 1.95. The fourth-order valence-corrected chi connectivity index (χ4v) is 0.995. The van der Waals surface area contributed by atoms with Crippen molar-refractivity contribution in [2.45, 2.75) is 13.5 Å². The third kappa shape index (κ3) is 1.49. The largest absolute Gasteiger partial charge is 0.354 e. The van der Waals surface area contributed by atoms with Crippen molar-refractivity contribution in [2.75, 3.05) is 0 Å². The molecule has 0 spiro atoms. The third-order valence-electron chi connectivity index (χ3n) is 1.52. The lowest BCUT2D eigenvalue weighted by atomic mass is 10.1. The van der Waals surface area contributed by atoms with Crippen molar-refractivity contribution in [1.82, 2.24) is 0 Å². The zero-order valence-electron chi connectivity index (χ0n) is 6.02. The Kier molecular flexibility index (Phi) is 2.30. The van der Waals surface area contributed by atoms with Gasteiger partial charge >= 0.3 is 0 Å². The first-order valence-corrected chi connectivity index (χ1v) is 3.66.